The number of carbonyl (C=O) groups is 3. The zero-order valence-electron chi connectivity index (χ0n) is 12.0. The van der Waals surface area contributed by atoms with E-state index in [-0.39, 0.29) is 4.88 Å². The molecule has 1 atom stereocenters. The van der Waals surface area contributed by atoms with E-state index >= 15 is 0 Å². The summed E-state index contributed by atoms with van der Waals surface area (Å²) in [6, 6.07) is 1.69. The van der Waals surface area contributed by atoms with Crippen LogP contribution in [0.1, 0.15) is 34.8 Å². The third-order valence-electron chi connectivity index (χ3n) is 2.33. The van der Waals surface area contributed by atoms with E-state index in [2.05, 4.69) is 17.2 Å². The van der Waals surface area contributed by atoms with E-state index in [1.165, 1.54) is 19.9 Å². The largest absolute Gasteiger partial charge is 0.480 e. The highest BCUT2D eigenvalue weighted by Gasteiger charge is 2.23. The minimum absolute atomic E-state index is 0.246. The fourth-order valence-electron chi connectivity index (χ4n) is 1.37. The van der Waals surface area contributed by atoms with Crippen LogP contribution in [0, 0.1) is 11.8 Å². The van der Waals surface area contributed by atoms with Crippen LogP contribution in [0.15, 0.2) is 12.1 Å². The number of primary amides is 1. The molecule has 0 bridgehead atoms. The second-order valence-corrected chi connectivity index (χ2v) is 6.09. The first-order valence-corrected chi connectivity index (χ1v) is 7.07. The Kier molecular flexibility index (Phi) is 5.68. The molecule has 1 heterocycles. The summed E-state index contributed by atoms with van der Waals surface area (Å²) in [5.41, 5.74) is 3.79. The predicted octanol–water partition coefficient (Wildman–Crippen LogP) is -0.0711. The Morgan fingerprint density at radius 2 is 2.05 bits per heavy atom. The first-order valence-electron chi connectivity index (χ1n) is 6.26. The zero-order chi connectivity index (χ0) is 16.9. The number of nitrogens with one attached hydrogen (secondary N) is 1. The number of hydrogen-bond acceptors (Lipinski definition) is 5. The molecule has 1 aromatic heterocycles. The second kappa shape index (κ2) is 7.06. The molecular weight excluding hydrogens is 308 g/mol. The van der Waals surface area contributed by atoms with Crippen LogP contribution in [0.3, 0.4) is 0 Å². The number of nitrogens with two attached hydrogens (primary N) is 1. The molecule has 0 aromatic carbocycles. The molecule has 1 rings (SSSR count). The van der Waals surface area contributed by atoms with Gasteiger partial charge < -0.3 is 21.3 Å². The van der Waals surface area contributed by atoms with Gasteiger partial charge in [0, 0.05) is 0 Å². The first kappa shape index (κ1) is 17.7. The van der Waals surface area contributed by atoms with Gasteiger partial charge in [-0.1, -0.05) is 11.8 Å². The van der Waals surface area contributed by atoms with Crippen LogP contribution in [0.4, 0.5) is 0 Å². The molecule has 1 aromatic rings. The van der Waals surface area contributed by atoms with E-state index < -0.39 is 35.8 Å². The number of rotatable bonds is 5. The van der Waals surface area contributed by atoms with Crippen LogP contribution in [0.5, 0.6) is 0 Å². The van der Waals surface area contributed by atoms with Crippen LogP contribution in [-0.2, 0) is 9.59 Å². The lowest BCUT2D eigenvalue weighted by Crippen LogP contribution is -2.43. The number of thiophene rings is 1. The third-order valence-corrected chi connectivity index (χ3v) is 3.33. The van der Waals surface area contributed by atoms with Gasteiger partial charge in [-0.3, -0.25) is 9.59 Å². The van der Waals surface area contributed by atoms with Crippen molar-refractivity contribution in [3.63, 3.8) is 0 Å². The molecule has 0 aliphatic heterocycles. The van der Waals surface area contributed by atoms with Crippen molar-refractivity contribution >= 4 is 29.1 Å². The van der Waals surface area contributed by atoms with Crippen LogP contribution in [0.2, 0.25) is 0 Å². The van der Waals surface area contributed by atoms with Crippen molar-refractivity contribution in [1.82, 2.24) is 5.32 Å². The van der Waals surface area contributed by atoms with Gasteiger partial charge in [0.1, 0.15) is 11.6 Å². The maximum Gasteiger partial charge on any atom is 0.326 e. The highest BCUT2D eigenvalue weighted by molar-refractivity contribution is 7.14. The Morgan fingerprint density at radius 3 is 2.55 bits per heavy atom. The summed E-state index contributed by atoms with van der Waals surface area (Å²) in [4.78, 5) is 34.5. The summed E-state index contributed by atoms with van der Waals surface area (Å²) < 4.78 is 0. The Bertz CT molecular complexity index is 648. The normalized spacial score (nSPS) is 12.0. The van der Waals surface area contributed by atoms with E-state index in [0.717, 1.165) is 11.3 Å². The quantitative estimate of drug-likeness (QED) is 0.563. The maximum atomic E-state index is 11.9. The molecule has 0 radical (unpaired) electrons. The van der Waals surface area contributed by atoms with E-state index in [0.29, 0.717) is 4.88 Å². The van der Waals surface area contributed by atoms with Crippen molar-refractivity contribution in [3.05, 3.63) is 21.9 Å². The number of aliphatic carboxylic acids is 1. The van der Waals surface area contributed by atoms with E-state index in [9.17, 15) is 19.5 Å². The van der Waals surface area contributed by atoms with Crippen LogP contribution in [-0.4, -0.2) is 39.6 Å². The number of carboxylic acid groups (broad SMARTS) is 1. The monoisotopic (exact) mass is 324 g/mol. The van der Waals surface area contributed by atoms with Gasteiger partial charge in [-0.05, 0) is 26.0 Å². The van der Waals surface area contributed by atoms with Gasteiger partial charge in [0.05, 0.1) is 16.2 Å². The molecule has 2 amide bonds. The Balaban J connectivity index is 2.81. The van der Waals surface area contributed by atoms with E-state index in [1.54, 1.807) is 6.07 Å². The molecule has 5 N–H and O–H groups in total. The summed E-state index contributed by atoms with van der Waals surface area (Å²) >= 11 is 1.05. The van der Waals surface area contributed by atoms with Crippen molar-refractivity contribution < 1.29 is 24.6 Å². The molecule has 1 unspecified atom stereocenters. The molecule has 22 heavy (non-hydrogen) atoms. The zero-order valence-corrected chi connectivity index (χ0v) is 12.9. The van der Waals surface area contributed by atoms with Crippen LogP contribution >= 0.6 is 11.3 Å². The summed E-state index contributed by atoms with van der Waals surface area (Å²) in [6.07, 6.45) is -0.488. The van der Waals surface area contributed by atoms with Crippen LogP contribution < -0.4 is 11.1 Å². The van der Waals surface area contributed by atoms with Gasteiger partial charge in [-0.25, -0.2) is 4.79 Å². The lowest BCUT2D eigenvalue weighted by atomic mass is 10.1. The van der Waals surface area contributed by atoms with Crippen molar-refractivity contribution in [3.8, 4) is 11.8 Å². The predicted molar refractivity (Wildman–Crippen MR) is 80.2 cm³/mol. The Labute approximate surface area is 131 Å². The van der Waals surface area contributed by atoms with E-state index in [4.69, 9.17) is 10.8 Å². The molecule has 0 aliphatic rings. The Hall–Kier alpha value is -2.37. The third kappa shape index (κ3) is 5.95. The summed E-state index contributed by atoms with van der Waals surface area (Å²) in [7, 11) is 0. The maximum absolute atomic E-state index is 11.9. The lowest BCUT2D eigenvalue weighted by Gasteiger charge is -2.11. The van der Waals surface area contributed by atoms with E-state index in [1.807, 2.05) is 0 Å². The standard InChI is InChI=1S/C14H16N2O5S/c1-14(2,21)6-5-8-3-4-10(22-8)12(18)16-9(13(19)20)7-11(15)17/h3-4,9,21H,7H2,1-2H3,(H2,15,17)(H,16,18)(H,19,20). The molecule has 0 aliphatic carbocycles. The average molecular weight is 324 g/mol. The minimum atomic E-state index is -1.38. The molecule has 0 saturated heterocycles. The number of amides is 2. The number of carbonyl (C=O) groups excluding carboxylic acids is 2. The summed E-state index contributed by atoms with van der Waals surface area (Å²) in [5, 5.41) is 20.7. The lowest BCUT2D eigenvalue weighted by molar-refractivity contribution is -0.140. The molecular formula is C14H16N2O5S. The summed E-state index contributed by atoms with van der Waals surface area (Å²) in [6.45, 7) is 3.06. The molecule has 0 saturated carbocycles. The number of hydrogen-bond donors (Lipinski definition) is 4. The van der Waals surface area contributed by atoms with Crippen molar-refractivity contribution in [1.29, 1.82) is 0 Å². The SMILES string of the molecule is CC(C)(O)C#Cc1ccc(C(=O)NC(CC(N)=O)C(=O)O)s1. The van der Waals surface area contributed by atoms with Crippen molar-refractivity contribution in [2.24, 2.45) is 5.73 Å². The minimum Gasteiger partial charge on any atom is -0.480 e. The molecule has 7 nitrogen and oxygen atoms in total. The topological polar surface area (TPSA) is 130 Å². The van der Waals surface area contributed by atoms with Gasteiger partial charge >= 0.3 is 5.97 Å². The first-order chi connectivity index (χ1) is 10.1. The highest BCUT2D eigenvalue weighted by Crippen LogP contribution is 2.16. The molecule has 0 fully saturated rings. The summed E-state index contributed by atoms with van der Waals surface area (Å²) in [5.74, 6) is 2.53. The smallest absolute Gasteiger partial charge is 0.326 e. The van der Waals surface area contributed by atoms with Gasteiger partial charge in [0.2, 0.25) is 5.91 Å². The van der Waals surface area contributed by atoms with Gasteiger partial charge in [-0.2, -0.15) is 0 Å². The molecule has 118 valence electrons. The number of aliphatic hydroxyl groups is 1. The Morgan fingerprint density at radius 1 is 1.41 bits per heavy atom. The number of carboxylic acids is 1. The highest BCUT2D eigenvalue weighted by atomic mass is 32.1. The van der Waals surface area contributed by atoms with Gasteiger partial charge in [0.15, 0.2) is 0 Å². The molecule has 8 heteroatoms. The van der Waals surface area contributed by atoms with Gasteiger partial charge in [0.25, 0.3) is 5.91 Å². The van der Waals surface area contributed by atoms with Crippen molar-refractivity contribution in [2.75, 3.05) is 0 Å². The average Bonchev–Trinajstić information content (AvgIpc) is 2.82. The van der Waals surface area contributed by atoms with Crippen molar-refractivity contribution in [2.45, 2.75) is 31.9 Å². The van der Waals surface area contributed by atoms with Crippen LogP contribution in [0.25, 0.3) is 0 Å². The fraction of sp³-hybridized carbons (Fsp3) is 0.357. The second-order valence-electron chi connectivity index (χ2n) is 5.01. The fourth-order valence-corrected chi connectivity index (χ4v) is 2.14. The molecule has 0 spiro atoms. The van der Waals surface area contributed by atoms with Gasteiger partial charge in [-0.15, -0.1) is 11.3 Å².